The number of anilines is 1. The third-order valence-corrected chi connectivity index (χ3v) is 4.13. The van der Waals surface area contributed by atoms with Crippen LogP contribution in [0.5, 0.6) is 5.75 Å². The van der Waals surface area contributed by atoms with Crippen molar-refractivity contribution in [3.8, 4) is 5.75 Å². The Balaban J connectivity index is 1.93. The van der Waals surface area contributed by atoms with Gasteiger partial charge >= 0.3 is 5.97 Å². The van der Waals surface area contributed by atoms with Crippen LogP contribution in [-0.2, 0) is 20.9 Å². The lowest BCUT2D eigenvalue weighted by molar-refractivity contribution is -0.119. The van der Waals surface area contributed by atoms with Crippen molar-refractivity contribution in [3.63, 3.8) is 0 Å². The molecule has 30 heavy (non-hydrogen) atoms. The predicted octanol–water partition coefficient (Wildman–Crippen LogP) is 2.73. The normalized spacial score (nSPS) is 10.3. The highest BCUT2D eigenvalue weighted by atomic mass is 16.5. The van der Waals surface area contributed by atoms with Gasteiger partial charge in [-0.1, -0.05) is 0 Å². The number of benzene rings is 2. The van der Waals surface area contributed by atoms with E-state index in [1.54, 1.807) is 56.6 Å². The molecule has 0 saturated carbocycles. The van der Waals surface area contributed by atoms with Gasteiger partial charge in [0.2, 0.25) is 0 Å². The van der Waals surface area contributed by atoms with Crippen LogP contribution in [0, 0.1) is 0 Å². The molecule has 0 saturated heterocycles. The van der Waals surface area contributed by atoms with Crippen molar-refractivity contribution in [1.29, 1.82) is 0 Å². The van der Waals surface area contributed by atoms with E-state index in [0.29, 0.717) is 41.3 Å². The maximum absolute atomic E-state index is 12.3. The molecule has 0 aliphatic heterocycles. The van der Waals surface area contributed by atoms with E-state index >= 15 is 0 Å². The van der Waals surface area contributed by atoms with Crippen molar-refractivity contribution in [2.75, 3.05) is 39.7 Å². The van der Waals surface area contributed by atoms with E-state index in [4.69, 9.17) is 14.2 Å². The first-order chi connectivity index (χ1) is 14.3. The Bertz CT molecular complexity index is 893. The van der Waals surface area contributed by atoms with Gasteiger partial charge < -0.3 is 24.4 Å². The number of nitrogens with zero attached hydrogens (tertiary/aromatic N) is 1. The molecule has 0 aliphatic rings. The van der Waals surface area contributed by atoms with Gasteiger partial charge in [0.05, 0.1) is 19.3 Å². The van der Waals surface area contributed by atoms with Crippen molar-refractivity contribution in [3.05, 3.63) is 59.2 Å². The van der Waals surface area contributed by atoms with Crippen LogP contribution >= 0.6 is 0 Å². The second-order valence-electron chi connectivity index (χ2n) is 6.57. The van der Waals surface area contributed by atoms with Gasteiger partial charge in [0.1, 0.15) is 5.75 Å². The van der Waals surface area contributed by atoms with Gasteiger partial charge in [-0.15, -0.1) is 0 Å². The number of carbonyl (C=O) groups excluding carboxylic acids is 3. The lowest BCUT2D eigenvalue weighted by atomic mass is 10.1. The van der Waals surface area contributed by atoms with Crippen LogP contribution in [-0.4, -0.2) is 57.1 Å². The summed E-state index contributed by atoms with van der Waals surface area (Å²) in [4.78, 5) is 37.7. The van der Waals surface area contributed by atoms with E-state index in [1.807, 2.05) is 6.92 Å². The number of nitrogens with one attached hydrogen (secondary N) is 1. The van der Waals surface area contributed by atoms with Crippen molar-refractivity contribution < 1.29 is 28.6 Å². The Kier molecular flexibility index (Phi) is 8.37. The summed E-state index contributed by atoms with van der Waals surface area (Å²) in [5.41, 5.74) is 2.01. The van der Waals surface area contributed by atoms with E-state index in [2.05, 4.69) is 5.32 Å². The number of hydrogen-bond acceptors (Lipinski definition) is 6. The molecule has 8 heteroatoms. The maximum Gasteiger partial charge on any atom is 0.338 e. The zero-order chi connectivity index (χ0) is 22.1. The van der Waals surface area contributed by atoms with E-state index in [-0.39, 0.29) is 5.91 Å². The first-order valence-electron chi connectivity index (χ1n) is 9.39. The zero-order valence-electron chi connectivity index (χ0n) is 17.6. The molecule has 0 atom stereocenters. The second kappa shape index (κ2) is 11.0. The second-order valence-corrected chi connectivity index (χ2v) is 6.57. The SMILES string of the molecule is CCOCc1cc(C(=O)OCC(=O)Nc2ccc(C(=O)N(C)C)cc2)ccc1OC. The highest BCUT2D eigenvalue weighted by Crippen LogP contribution is 2.21. The Morgan fingerprint density at radius 2 is 1.67 bits per heavy atom. The van der Waals surface area contributed by atoms with E-state index < -0.39 is 18.5 Å². The number of esters is 1. The first-order valence-corrected chi connectivity index (χ1v) is 9.39. The Morgan fingerprint density at radius 3 is 2.27 bits per heavy atom. The van der Waals surface area contributed by atoms with E-state index in [1.165, 1.54) is 12.0 Å². The minimum absolute atomic E-state index is 0.134. The molecular formula is C22H26N2O6. The minimum atomic E-state index is -0.627. The Morgan fingerprint density at radius 1 is 1.00 bits per heavy atom. The molecule has 2 amide bonds. The number of rotatable bonds is 9. The molecule has 0 aromatic heterocycles. The van der Waals surface area contributed by atoms with Crippen LogP contribution in [0.15, 0.2) is 42.5 Å². The van der Waals surface area contributed by atoms with E-state index in [0.717, 1.165) is 0 Å². The van der Waals surface area contributed by atoms with Crippen LogP contribution in [0.1, 0.15) is 33.2 Å². The molecule has 160 valence electrons. The van der Waals surface area contributed by atoms with Gasteiger partial charge in [-0.2, -0.15) is 0 Å². The molecule has 0 fully saturated rings. The van der Waals surface area contributed by atoms with Gasteiger partial charge in [0.25, 0.3) is 11.8 Å². The summed E-state index contributed by atoms with van der Waals surface area (Å²) >= 11 is 0. The number of hydrogen-bond donors (Lipinski definition) is 1. The molecule has 0 unspecified atom stereocenters. The standard InChI is InChI=1S/C22H26N2O6/c1-5-29-13-17-12-16(8-11-19(17)28-4)22(27)30-14-20(25)23-18-9-6-15(7-10-18)21(26)24(2)3/h6-12H,5,13-14H2,1-4H3,(H,23,25). The molecule has 0 bridgehead atoms. The number of ether oxygens (including phenoxy) is 3. The lowest BCUT2D eigenvalue weighted by Crippen LogP contribution is -2.22. The van der Waals surface area contributed by atoms with Crippen LogP contribution in [0.25, 0.3) is 0 Å². The number of methoxy groups -OCH3 is 1. The van der Waals surface area contributed by atoms with Crippen molar-refractivity contribution >= 4 is 23.5 Å². The lowest BCUT2D eigenvalue weighted by Gasteiger charge is -2.12. The molecule has 0 heterocycles. The summed E-state index contributed by atoms with van der Waals surface area (Å²) in [5.74, 6) is -0.644. The summed E-state index contributed by atoms with van der Waals surface area (Å²) in [6.07, 6.45) is 0. The number of carbonyl (C=O) groups is 3. The largest absolute Gasteiger partial charge is 0.496 e. The fourth-order valence-corrected chi connectivity index (χ4v) is 2.60. The monoisotopic (exact) mass is 414 g/mol. The maximum atomic E-state index is 12.3. The van der Waals surface area contributed by atoms with Gasteiger partial charge in [-0.25, -0.2) is 4.79 Å². The third kappa shape index (κ3) is 6.31. The summed E-state index contributed by atoms with van der Waals surface area (Å²) in [6.45, 7) is 2.26. The Hall–Kier alpha value is -3.39. The predicted molar refractivity (Wildman–Crippen MR) is 112 cm³/mol. The quantitative estimate of drug-likeness (QED) is 0.634. The van der Waals surface area contributed by atoms with Crippen LogP contribution in [0.4, 0.5) is 5.69 Å². The fourth-order valence-electron chi connectivity index (χ4n) is 2.60. The summed E-state index contributed by atoms with van der Waals surface area (Å²) < 4.78 is 15.7. The van der Waals surface area contributed by atoms with Crippen molar-refractivity contribution in [2.45, 2.75) is 13.5 Å². The van der Waals surface area contributed by atoms with Gasteiger partial charge in [-0.05, 0) is 49.4 Å². The number of amides is 2. The molecule has 8 nitrogen and oxygen atoms in total. The minimum Gasteiger partial charge on any atom is -0.496 e. The molecule has 2 rings (SSSR count). The van der Waals surface area contributed by atoms with Crippen LogP contribution in [0.2, 0.25) is 0 Å². The Labute approximate surface area is 175 Å². The first kappa shape index (κ1) is 22.9. The molecule has 0 spiro atoms. The summed E-state index contributed by atoms with van der Waals surface area (Å²) in [5, 5.41) is 2.62. The highest BCUT2D eigenvalue weighted by Gasteiger charge is 2.14. The molecule has 2 aromatic rings. The molecule has 1 N–H and O–H groups in total. The average Bonchev–Trinajstić information content (AvgIpc) is 2.75. The van der Waals surface area contributed by atoms with Crippen LogP contribution < -0.4 is 10.1 Å². The van der Waals surface area contributed by atoms with E-state index in [9.17, 15) is 14.4 Å². The molecule has 2 aromatic carbocycles. The summed E-state index contributed by atoms with van der Waals surface area (Å²) in [7, 11) is 4.86. The van der Waals surface area contributed by atoms with Crippen LogP contribution in [0.3, 0.4) is 0 Å². The topological polar surface area (TPSA) is 94.2 Å². The molecular weight excluding hydrogens is 388 g/mol. The van der Waals surface area contributed by atoms with Gasteiger partial charge in [0, 0.05) is 37.5 Å². The van der Waals surface area contributed by atoms with Crippen molar-refractivity contribution in [1.82, 2.24) is 4.90 Å². The smallest absolute Gasteiger partial charge is 0.338 e. The van der Waals surface area contributed by atoms with Gasteiger partial charge in [-0.3, -0.25) is 9.59 Å². The fraction of sp³-hybridized carbons (Fsp3) is 0.318. The van der Waals surface area contributed by atoms with Crippen molar-refractivity contribution in [2.24, 2.45) is 0 Å². The highest BCUT2D eigenvalue weighted by molar-refractivity contribution is 5.97. The average molecular weight is 414 g/mol. The zero-order valence-corrected chi connectivity index (χ0v) is 17.6. The van der Waals surface area contributed by atoms with Gasteiger partial charge in [0.15, 0.2) is 6.61 Å². The molecule has 0 radical (unpaired) electrons. The summed E-state index contributed by atoms with van der Waals surface area (Å²) in [6, 6.07) is 11.3. The third-order valence-electron chi connectivity index (χ3n) is 4.13. The molecule has 0 aliphatic carbocycles.